The third-order valence-corrected chi connectivity index (χ3v) is 3.78. The van der Waals surface area contributed by atoms with Crippen molar-refractivity contribution in [1.29, 1.82) is 5.26 Å². The summed E-state index contributed by atoms with van der Waals surface area (Å²) in [5.74, 6) is 0.611. The van der Waals surface area contributed by atoms with Crippen molar-refractivity contribution in [3.8, 4) is 6.07 Å². The Labute approximate surface area is 126 Å². The third kappa shape index (κ3) is 3.90. The molecule has 6 nitrogen and oxygen atoms in total. The molecule has 6 heteroatoms. The van der Waals surface area contributed by atoms with E-state index >= 15 is 0 Å². The first-order valence-corrected chi connectivity index (χ1v) is 7.62. The van der Waals surface area contributed by atoms with E-state index in [9.17, 15) is 5.26 Å². The predicted molar refractivity (Wildman–Crippen MR) is 81.3 cm³/mol. The van der Waals surface area contributed by atoms with Crippen LogP contribution < -0.4 is 5.32 Å². The molecule has 2 rings (SSSR count). The average molecular weight is 289 g/mol. The van der Waals surface area contributed by atoms with Gasteiger partial charge in [0, 0.05) is 26.2 Å². The Morgan fingerprint density at radius 2 is 2.00 bits per heavy atom. The Hall–Kier alpha value is -1.71. The van der Waals surface area contributed by atoms with Gasteiger partial charge in [0.05, 0.1) is 18.9 Å². The second kappa shape index (κ2) is 7.91. The Kier molecular flexibility index (Phi) is 5.90. The van der Waals surface area contributed by atoms with E-state index in [0.29, 0.717) is 11.4 Å². The van der Waals surface area contributed by atoms with E-state index < -0.39 is 0 Å². The summed E-state index contributed by atoms with van der Waals surface area (Å²) in [6.07, 6.45) is 1.61. The van der Waals surface area contributed by atoms with Gasteiger partial charge in [-0.25, -0.2) is 0 Å². The molecular formula is C15H23N5O. The highest BCUT2D eigenvalue weighted by molar-refractivity contribution is 5.56. The maximum Gasteiger partial charge on any atom is 0.166 e. The lowest BCUT2D eigenvalue weighted by Crippen LogP contribution is -2.39. The van der Waals surface area contributed by atoms with Crippen molar-refractivity contribution >= 4 is 5.82 Å². The number of nitrogens with zero attached hydrogens (tertiary/aromatic N) is 4. The summed E-state index contributed by atoms with van der Waals surface area (Å²) in [6.45, 7) is 9.30. The molecule has 0 amide bonds. The maximum absolute atomic E-state index is 9.41. The lowest BCUT2D eigenvalue weighted by Gasteiger charge is -2.26. The summed E-state index contributed by atoms with van der Waals surface area (Å²) in [7, 11) is 0. The van der Waals surface area contributed by atoms with Gasteiger partial charge in [0.2, 0.25) is 0 Å². The molecule has 21 heavy (non-hydrogen) atoms. The topological polar surface area (TPSA) is 74.1 Å². The van der Waals surface area contributed by atoms with Gasteiger partial charge >= 0.3 is 0 Å². The number of hydrogen-bond donors (Lipinski definition) is 1. The molecule has 1 aromatic heterocycles. The zero-order chi connectivity index (χ0) is 15.1. The molecule has 1 aliphatic rings. The molecule has 0 bridgehead atoms. The first-order valence-electron chi connectivity index (χ1n) is 7.62. The molecule has 0 atom stereocenters. The summed E-state index contributed by atoms with van der Waals surface area (Å²) >= 11 is 0. The molecule has 1 saturated heterocycles. The van der Waals surface area contributed by atoms with Gasteiger partial charge in [-0.1, -0.05) is 13.8 Å². The van der Waals surface area contributed by atoms with E-state index in [1.54, 1.807) is 0 Å². The smallest absolute Gasteiger partial charge is 0.166 e. The second-order valence-corrected chi connectivity index (χ2v) is 5.05. The standard InChI is InChI=1S/C15H23N5O/c1-3-12-13(11-16)15(19-18-14(12)4-2)17-5-6-20-7-9-21-10-8-20/h3-10H2,1-2H3,(H,17,19). The van der Waals surface area contributed by atoms with E-state index in [0.717, 1.165) is 63.5 Å². The van der Waals surface area contributed by atoms with Gasteiger partial charge in [-0.2, -0.15) is 10.4 Å². The van der Waals surface area contributed by atoms with Crippen molar-refractivity contribution in [2.45, 2.75) is 26.7 Å². The highest BCUT2D eigenvalue weighted by atomic mass is 16.5. The highest BCUT2D eigenvalue weighted by Crippen LogP contribution is 2.19. The molecule has 1 aromatic rings. The Bertz CT molecular complexity index is 506. The predicted octanol–water partition coefficient (Wildman–Crippen LogP) is 1.22. The van der Waals surface area contributed by atoms with Crippen LogP contribution in [0.25, 0.3) is 0 Å². The third-order valence-electron chi connectivity index (χ3n) is 3.78. The fraction of sp³-hybridized carbons (Fsp3) is 0.667. The largest absolute Gasteiger partial charge is 0.379 e. The van der Waals surface area contributed by atoms with E-state index in [1.165, 1.54) is 0 Å². The molecule has 0 saturated carbocycles. The van der Waals surface area contributed by atoms with Crippen LogP contribution in [0.3, 0.4) is 0 Å². The van der Waals surface area contributed by atoms with Crippen molar-refractivity contribution in [2.24, 2.45) is 0 Å². The van der Waals surface area contributed by atoms with Crippen LogP contribution in [0.1, 0.15) is 30.7 Å². The van der Waals surface area contributed by atoms with Crippen molar-refractivity contribution in [3.63, 3.8) is 0 Å². The van der Waals surface area contributed by atoms with Gasteiger partial charge in [0.25, 0.3) is 0 Å². The molecular weight excluding hydrogens is 266 g/mol. The highest BCUT2D eigenvalue weighted by Gasteiger charge is 2.15. The zero-order valence-electron chi connectivity index (χ0n) is 12.9. The molecule has 0 aromatic carbocycles. The SMILES string of the molecule is CCc1nnc(NCCN2CCOCC2)c(C#N)c1CC. The van der Waals surface area contributed by atoms with Crippen molar-refractivity contribution in [2.75, 3.05) is 44.7 Å². The lowest BCUT2D eigenvalue weighted by atomic mass is 10.0. The monoisotopic (exact) mass is 289 g/mol. The van der Waals surface area contributed by atoms with Crippen LogP contribution in [-0.4, -0.2) is 54.5 Å². The van der Waals surface area contributed by atoms with Gasteiger partial charge < -0.3 is 10.1 Å². The summed E-state index contributed by atoms with van der Waals surface area (Å²) < 4.78 is 5.33. The minimum atomic E-state index is 0.611. The molecule has 1 aliphatic heterocycles. The molecule has 0 radical (unpaired) electrons. The van der Waals surface area contributed by atoms with Gasteiger partial charge in [0.15, 0.2) is 5.82 Å². The van der Waals surface area contributed by atoms with E-state index in [-0.39, 0.29) is 0 Å². The molecule has 0 unspecified atom stereocenters. The van der Waals surface area contributed by atoms with Crippen LogP contribution in [0.4, 0.5) is 5.82 Å². The number of nitrogens with one attached hydrogen (secondary N) is 1. The summed E-state index contributed by atoms with van der Waals surface area (Å²) in [4.78, 5) is 2.34. The number of aromatic nitrogens is 2. The number of anilines is 1. The molecule has 0 aliphatic carbocycles. The Morgan fingerprint density at radius 1 is 1.24 bits per heavy atom. The molecule has 2 heterocycles. The maximum atomic E-state index is 9.41. The summed E-state index contributed by atoms with van der Waals surface area (Å²) in [5.41, 5.74) is 2.59. The van der Waals surface area contributed by atoms with Crippen LogP contribution in [-0.2, 0) is 17.6 Å². The van der Waals surface area contributed by atoms with Crippen LogP contribution >= 0.6 is 0 Å². The summed E-state index contributed by atoms with van der Waals surface area (Å²) in [5, 5.41) is 21.1. The minimum Gasteiger partial charge on any atom is -0.379 e. The fourth-order valence-electron chi connectivity index (χ4n) is 2.57. The Morgan fingerprint density at radius 3 is 2.62 bits per heavy atom. The Balaban J connectivity index is 2.00. The minimum absolute atomic E-state index is 0.611. The van der Waals surface area contributed by atoms with Gasteiger partial charge in [-0.3, -0.25) is 4.90 Å². The van der Waals surface area contributed by atoms with Crippen LogP contribution in [0.2, 0.25) is 0 Å². The molecule has 114 valence electrons. The van der Waals surface area contributed by atoms with Crippen molar-refractivity contribution in [1.82, 2.24) is 15.1 Å². The van der Waals surface area contributed by atoms with Crippen LogP contribution in [0.15, 0.2) is 0 Å². The van der Waals surface area contributed by atoms with Crippen molar-refractivity contribution < 1.29 is 4.74 Å². The second-order valence-electron chi connectivity index (χ2n) is 5.05. The molecule has 1 N–H and O–H groups in total. The molecule has 0 spiro atoms. The zero-order valence-corrected chi connectivity index (χ0v) is 12.9. The van der Waals surface area contributed by atoms with Gasteiger partial charge in [-0.05, 0) is 18.4 Å². The fourth-order valence-corrected chi connectivity index (χ4v) is 2.57. The van der Waals surface area contributed by atoms with Crippen molar-refractivity contribution in [3.05, 3.63) is 16.8 Å². The normalized spacial score (nSPS) is 15.7. The average Bonchev–Trinajstić information content (AvgIpc) is 2.55. The quantitative estimate of drug-likeness (QED) is 0.848. The van der Waals surface area contributed by atoms with E-state index in [2.05, 4.69) is 33.4 Å². The van der Waals surface area contributed by atoms with Gasteiger partial charge in [-0.15, -0.1) is 5.10 Å². The first kappa shape index (κ1) is 15.7. The van der Waals surface area contributed by atoms with Crippen LogP contribution in [0.5, 0.6) is 0 Å². The van der Waals surface area contributed by atoms with Crippen LogP contribution in [0, 0.1) is 11.3 Å². The summed E-state index contributed by atoms with van der Waals surface area (Å²) in [6, 6.07) is 2.28. The number of nitriles is 1. The number of rotatable bonds is 6. The number of morpholine rings is 1. The first-order chi connectivity index (χ1) is 10.3. The van der Waals surface area contributed by atoms with E-state index in [1.807, 2.05) is 6.92 Å². The number of aryl methyl sites for hydroxylation is 1. The van der Waals surface area contributed by atoms with Gasteiger partial charge in [0.1, 0.15) is 11.6 Å². The number of ether oxygens (including phenoxy) is 1. The lowest BCUT2D eigenvalue weighted by molar-refractivity contribution is 0.0398. The van der Waals surface area contributed by atoms with E-state index in [4.69, 9.17) is 4.74 Å². The number of hydrogen-bond acceptors (Lipinski definition) is 6. The molecule has 1 fully saturated rings.